The molecular formula is C22H22F6N2O3S. The van der Waals surface area contributed by atoms with Gasteiger partial charge >= 0.3 is 18.4 Å². The summed E-state index contributed by atoms with van der Waals surface area (Å²) in [6.07, 6.45) is -10.9. The van der Waals surface area contributed by atoms with Gasteiger partial charge in [0.05, 0.1) is 11.1 Å². The third kappa shape index (κ3) is 5.65. The van der Waals surface area contributed by atoms with Gasteiger partial charge in [-0.25, -0.2) is 4.79 Å². The molecule has 5 nitrogen and oxygen atoms in total. The van der Waals surface area contributed by atoms with Crippen LogP contribution in [0.1, 0.15) is 39.5 Å². The van der Waals surface area contributed by atoms with Crippen LogP contribution in [0.3, 0.4) is 0 Å². The average Bonchev–Trinajstić information content (AvgIpc) is 3.16. The Hall–Kier alpha value is -2.76. The number of alkyl halides is 6. The number of hydrogen-bond acceptors (Lipinski definition) is 3. The van der Waals surface area contributed by atoms with E-state index < -0.39 is 53.9 Å². The van der Waals surface area contributed by atoms with Crippen molar-refractivity contribution >= 4 is 23.3 Å². The summed E-state index contributed by atoms with van der Waals surface area (Å²) in [5, 5.41) is 11.2. The van der Waals surface area contributed by atoms with Crippen LogP contribution in [0.5, 0.6) is 0 Å². The molecule has 3 rings (SSSR count). The molecule has 0 spiro atoms. The van der Waals surface area contributed by atoms with E-state index in [-0.39, 0.29) is 31.1 Å². The van der Waals surface area contributed by atoms with Crippen LogP contribution in [0, 0.1) is 12.8 Å². The molecule has 2 amide bonds. The average molecular weight is 508 g/mol. The number of halogens is 6. The number of nitrogens with zero attached hydrogens (tertiary/aromatic N) is 2. The third-order valence-electron chi connectivity index (χ3n) is 5.88. The molecule has 0 aliphatic carbocycles. The molecule has 12 heteroatoms. The molecule has 1 aromatic heterocycles. The summed E-state index contributed by atoms with van der Waals surface area (Å²) in [6, 6.07) is 3.09. The molecule has 186 valence electrons. The van der Waals surface area contributed by atoms with E-state index in [0.29, 0.717) is 12.1 Å². The largest absolute Gasteiger partial charge is 0.465 e. The monoisotopic (exact) mass is 508 g/mol. The van der Waals surface area contributed by atoms with Gasteiger partial charge in [0.2, 0.25) is 5.91 Å². The normalized spacial score (nSPS) is 19.2. The number of amides is 2. The van der Waals surface area contributed by atoms with Gasteiger partial charge in [-0.1, -0.05) is 0 Å². The van der Waals surface area contributed by atoms with Gasteiger partial charge in [0.25, 0.3) is 0 Å². The Labute approximate surface area is 195 Å². The van der Waals surface area contributed by atoms with E-state index in [2.05, 4.69) is 0 Å². The van der Waals surface area contributed by atoms with E-state index in [1.807, 2.05) is 18.4 Å². The molecule has 0 radical (unpaired) electrons. The summed E-state index contributed by atoms with van der Waals surface area (Å²) in [6.45, 7) is 1.55. The standard InChI is InChI=1S/C22H22F6N2O3S/c1-12-4-6-34-18(12)17-11-30(20(32)33)5-3-16(17)19(31)29(2)10-13-7-14(21(23,24)25)9-15(8-13)22(26,27)28/h4,6-9,16-17H,3,5,10-11H2,1-2H3,(H,32,33)/t16-,17-/m0/s1. The van der Waals surface area contributed by atoms with Gasteiger partial charge in [-0.05, 0) is 54.1 Å². The van der Waals surface area contributed by atoms with Gasteiger partial charge in [-0.15, -0.1) is 11.3 Å². The Morgan fingerprint density at radius 1 is 1.12 bits per heavy atom. The molecule has 1 aliphatic heterocycles. The summed E-state index contributed by atoms with van der Waals surface area (Å²) in [4.78, 5) is 27.9. The highest BCUT2D eigenvalue weighted by Crippen LogP contribution is 2.39. The number of carbonyl (C=O) groups is 2. The molecule has 2 atom stereocenters. The lowest BCUT2D eigenvalue weighted by molar-refractivity contribution is -0.143. The molecule has 2 heterocycles. The first-order valence-electron chi connectivity index (χ1n) is 10.2. The summed E-state index contributed by atoms with van der Waals surface area (Å²) < 4.78 is 79.0. The second kappa shape index (κ2) is 9.47. The number of benzene rings is 1. The van der Waals surface area contributed by atoms with E-state index >= 15 is 0 Å². The lowest BCUT2D eigenvalue weighted by Gasteiger charge is -2.38. The van der Waals surface area contributed by atoms with Gasteiger partial charge < -0.3 is 14.9 Å². The fourth-order valence-electron chi connectivity index (χ4n) is 4.20. The summed E-state index contributed by atoms with van der Waals surface area (Å²) >= 11 is 1.38. The van der Waals surface area contributed by atoms with Gasteiger partial charge in [-0.2, -0.15) is 26.3 Å². The van der Waals surface area contributed by atoms with Crippen LogP contribution in [0.4, 0.5) is 31.1 Å². The third-order valence-corrected chi connectivity index (χ3v) is 7.03. The maximum absolute atomic E-state index is 13.3. The van der Waals surface area contributed by atoms with Crippen LogP contribution in [-0.2, 0) is 23.7 Å². The molecule has 0 bridgehead atoms. The van der Waals surface area contributed by atoms with Crippen LogP contribution in [0.2, 0.25) is 0 Å². The molecule has 34 heavy (non-hydrogen) atoms. The number of carboxylic acid groups (broad SMARTS) is 1. The van der Waals surface area contributed by atoms with Crippen LogP contribution >= 0.6 is 11.3 Å². The highest BCUT2D eigenvalue weighted by molar-refractivity contribution is 7.10. The molecule has 0 saturated carbocycles. The Morgan fingerprint density at radius 2 is 1.71 bits per heavy atom. The number of carbonyl (C=O) groups excluding carboxylic acids is 1. The van der Waals surface area contributed by atoms with Gasteiger partial charge in [-0.3, -0.25) is 4.79 Å². The maximum atomic E-state index is 13.3. The smallest absolute Gasteiger partial charge is 0.416 e. The zero-order chi connectivity index (χ0) is 25.4. The van der Waals surface area contributed by atoms with Gasteiger partial charge in [0.1, 0.15) is 0 Å². The van der Waals surface area contributed by atoms with Crippen molar-refractivity contribution in [3.8, 4) is 0 Å². The minimum Gasteiger partial charge on any atom is -0.465 e. The predicted octanol–water partition coefficient (Wildman–Crippen LogP) is 5.84. The summed E-state index contributed by atoms with van der Waals surface area (Å²) in [5.41, 5.74) is -2.31. The van der Waals surface area contributed by atoms with Gasteiger partial charge in [0, 0.05) is 43.4 Å². The highest BCUT2D eigenvalue weighted by atomic mass is 32.1. The molecule has 1 N–H and O–H groups in total. The Bertz CT molecular complexity index is 1030. The van der Waals surface area contributed by atoms with Crippen molar-refractivity contribution < 1.29 is 41.0 Å². The predicted molar refractivity (Wildman–Crippen MR) is 112 cm³/mol. The summed E-state index contributed by atoms with van der Waals surface area (Å²) in [5.74, 6) is -1.59. The maximum Gasteiger partial charge on any atom is 0.416 e. The number of hydrogen-bond donors (Lipinski definition) is 1. The topological polar surface area (TPSA) is 60.9 Å². The SMILES string of the molecule is Cc1ccsc1[C@H]1CN(C(=O)O)CC[C@@H]1C(=O)N(C)Cc1cc(C(F)(F)F)cc(C(F)(F)F)c1. The number of piperidine rings is 1. The van der Waals surface area contributed by atoms with E-state index in [0.717, 1.165) is 15.3 Å². The van der Waals surface area contributed by atoms with Crippen molar-refractivity contribution in [3.63, 3.8) is 0 Å². The van der Waals surface area contributed by atoms with Crippen LogP contribution in [-0.4, -0.2) is 47.0 Å². The van der Waals surface area contributed by atoms with E-state index in [1.165, 1.54) is 23.3 Å². The van der Waals surface area contributed by atoms with Crippen molar-refractivity contribution in [2.24, 2.45) is 5.92 Å². The molecule has 0 unspecified atom stereocenters. The van der Waals surface area contributed by atoms with E-state index in [4.69, 9.17) is 0 Å². The molecule has 1 aromatic carbocycles. The first-order chi connectivity index (χ1) is 15.7. The highest BCUT2D eigenvalue weighted by Gasteiger charge is 2.40. The van der Waals surface area contributed by atoms with Crippen LogP contribution in [0.25, 0.3) is 0 Å². The van der Waals surface area contributed by atoms with Gasteiger partial charge in [0.15, 0.2) is 0 Å². The van der Waals surface area contributed by atoms with Crippen molar-refractivity contribution in [1.82, 2.24) is 9.80 Å². The van der Waals surface area contributed by atoms with Crippen molar-refractivity contribution in [1.29, 1.82) is 0 Å². The minimum atomic E-state index is -4.98. The fourth-order valence-corrected chi connectivity index (χ4v) is 5.28. The first-order valence-corrected chi connectivity index (χ1v) is 11.1. The second-order valence-corrected chi connectivity index (χ2v) is 9.25. The van der Waals surface area contributed by atoms with Crippen LogP contribution in [0.15, 0.2) is 29.6 Å². The summed E-state index contributed by atoms with van der Waals surface area (Å²) in [7, 11) is 1.32. The zero-order valence-electron chi connectivity index (χ0n) is 18.2. The molecular weight excluding hydrogens is 486 g/mol. The number of thiophene rings is 1. The van der Waals surface area contributed by atoms with E-state index in [1.54, 1.807) is 0 Å². The molecule has 1 fully saturated rings. The lowest BCUT2D eigenvalue weighted by atomic mass is 9.82. The van der Waals surface area contributed by atoms with Crippen molar-refractivity contribution in [2.75, 3.05) is 20.1 Å². The molecule has 2 aromatic rings. The van der Waals surface area contributed by atoms with Crippen LogP contribution < -0.4 is 0 Å². The molecule has 1 aliphatic rings. The van der Waals surface area contributed by atoms with E-state index in [9.17, 15) is 41.0 Å². The second-order valence-electron chi connectivity index (χ2n) is 8.31. The Balaban J connectivity index is 1.88. The number of aryl methyl sites for hydroxylation is 1. The quantitative estimate of drug-likeness (QED) is 0.529. The lowest BCUT2D eigenvalue weighted by Crippen LogP contribution is -2.47. The zero-order valence-corrected chi connectivity index (χ0v) is 19.0. The number of rotatable bonds is 4. The fraction of sp³-hybridized carbons (Fsp3) is 0.455. The minimum absolute atomic E-state index is 0.0442. The Morgan fingerprint density at radius 3 is 2.18 bits per heavy atom. The molecule has 1 saturated heterocycles. The van der Waals surface area contributed by atoms with Crippen molar-refractivity contribution in [3.05, 3.63) is 56.8 Å². The number of likely N-dealkylation sites (tertiary alicyclic amines) is 1. The Kier molecular flexibility index (Phi) is 7.20. The van der Waals surface area contributed by atoms with Crippen molar-refractivity contribution in [2.45, 2.75) is 38.2 Å². The first kappa shape index (κ1) is 25.9.